The summed E-state index contributed by atoms with van der Waals surface area (Å²) >= 11 is 0. The zero-order valence-corrected chi connectivity index (χ0v) is 15.6. The van der Waals surface area contributed by atoms with Crippen LogP contribution < -0.4 is 15.0 Å². The maximum absolute atomic E-state index is 12.5. The van der Waals surface area contributed by atoms with E-state index in [-0.39, 0.29) is 11.8 Å². The van der Waals surface area contributed by atoms with Gasteiger partial charge in [-0.2, -0.15) is 10.1 Å². The molecule has 1 amide bonds. The Morgan fingerprint density at radius 3 is 2.96 bits per heavy atom. The third-order valence-electron chi connectivity index (χ3n) is 4.89. The Hall–Kier alpha value is -3.42. The molecular formula is C20H22N6O2. The van der Waals surface area contributed by atoms with E-state index in [1.165, 1.54) is 0 Å². The minimum absolute atomic E-state index is 0.146. The van der Waals surface area contributed by atoms with Gasteiger partial charge in [-0.15, -0.1) is 0 Å². The lowest BCUT2D eigenvalue weighted by Gasteiger charge is -2.32. The molecule has 1 aliphatic heterocycles. The number of nitrogens with zero attached hydrogens (tertiary/aromatic N) is 4. The van der Waals surface area contributed by atoms with Crippen molar-refractivity contribution in [3.05, 3.63) is 60.0 Å². The maximum atomic E-state index is 12.5. The van der Waals surface area contributed by atoms with E-state index in [2.05, 4.69) is 30.4 Å². The van der Waals surface area contributed by atoms with Crippen LogP contribution in [0.5, 0.6) is 5.88 Å². The number of anilines is 2. The topological polar surface area (TPSA) is 96.0 Å². The highest BCUT2D eigenvalue weighted by Crippen LogP contribution is 2.32. The molecule has 0 unspecified atom stereocenters. The van der Waals surface area contributed by atoms with Gasteiger partial charge in [-0.25, -0.2) is 4.98 Å². The van der Waals surface area contributed by atoms with E-state index in [4.69, 9.17) is 4.74 Å². The van der Waals surface area contributed by atoms with Crippen LogP contribution >= 0.6 is 0 Å². The number of piperidine rings is 1. The first kappa shape index (κ1) is 18.0. The Labute approximate surface area is 163 Å². The fourth-order valence-electron chi connectivity index (χ4n) is 3.48. The molecule has 2 aromatic heterocycles. The van der Waals surface area contributed by atoms with Gasteiger partial charge in [0.25, 0.3) is 5.91 Å². The van der Waals surface area contributed by atoms with E-state index in [0.29, 0.717) is 23.1 Å². The number of benzene rings is 1. The van der Waals surface area contributed by atoms with Crippen LogP contribution in [0, 0.1) is 0 Å². The summed E-state index contributed by atoms with van der Waals surface area (Å²) < 4.78 is 5.21. The van der Waals surface area contributed by atoms with Gasteiger partial charge in [-0.1, -0.05) is 18.2 Å². The zero-order valence-electron chi connectivity index (χ0n) is 15.6. The normalized spacial score (nSPS) is 16.6. The highest BCUT2D eigenvalue weighted by molar-refractivity contribution is 6.04. The Kier molecular flexibility index (Phi) is 5.18. The molecule has 28 heavy (non-hydrogen) atoms. The van der Waals surface area contributed by atoms with E-state index < -0.39 is 0 Å². The van der Waals surface area contributed by atoms with Crippen molar-refractivity contribution in [3.63, 3.8) is 0 Å². The van der Waals surface area contributed by atoms with Gasteiger partial charge >= 0.3 is 0 Å². The third-order valence-corrected chi connectivity index (χ3v) is 4.89. The van der Waals surface area contributed by atoms with Crippen molar-refractivity contribution in [2.45, 2.75) is 18.8 Å². The Balaban J connectivity index is 1.50. The molecule has 3 heterocycles. The molecule has 3 aromatic rings. The SMILES string of the molecule is COc1ccnc(N2CCC[C@H](c3[nH]ncc3NC(=O)c3ccccc3)C2)n1. The van der Waals surface area contributed by atoms with Crippen molar-refractivity contribution in [2.24, 2.45) is 0 Å². The summed E-state index contributed by atoms with van der Waals surface area (Å²) in [7, 11) is 1.59. The molecule has 0 saturated carbocycles. The molecule has 8 nitrogen and oxygen atoms in total. The molecule has 144 valence electrons. The van der Waals surface area contributed by atoms with Gasteiger partial charge < -0.3 is 15.0 Å². The van der Waals surface area contributed by atoms with Gasteiger partial charge in [-0.05, 0) is 25.0 Å². The van der Waals surface area contributed by atoms with Crippen LogP contribution in [-0.2, 0) is 0 Å². The Morgan fingerprint density at radius 2 is 2.14 bits per heavy atom. The number of hydrogen-bond donors (Lipinski definition) is 2. The number of carbonyl (C=O) groups excluding carboxylic acids is 1. The number of methoxy groups -OCH3 is 1. The Morgan fingerprint density at radius 1 is 1.29 bits per heavy atom. The lowest BCUT2D eigenvalue weighted by molar-refractivity contribution is 0.102. The van der Waals surface area contributed by atoms with E-state index >= 15 is 0 Å². The standard InChI is InChI=1S/C20H22N6O2/c1-28-17-9-10-21-20(24-17)26-11-5-8-15(13-26)18-16(12-22-25-18)23-19(27)14-6-3-2-4-7-14/h2-4,6-7,9-10,12,15H,5,8,11,13H2,1H3,(H,22,25)(H,23,27)/t15-/m0/s1. The summed E-state index contributed by atoms with van der Waals surface area (Å²) in [6.07, 6.45) is 5.36. The molecule has 1 atom stereocenters. The number of aromatic nitrogens is 4. The molecule has 0 aliphatic carbocycles. The van der Waals surface area contributed by atoms with Gasteiger partial charge in [0.1, 0.15) is 0 Å². The number of hydrogen-bond acceptors (Lipinski definition) is 6. The average Bonchev–Trinajstić information content (AvgIpc) is 3.22. The van der Waals surface area contributed by atoms with Gasteiger partial charge in [0.2, 0.25) is 11.8 Å². The second-order valence-corrected chi connectivity index (χ2v) is 6.70. The van der Waals surface area contributed by atoms with Crippen LogP contribution in [0.1, 0.15) is 34.8 Å². The molecule has 4 rings (SSSR count). The molecule has 1 aromatic carbocycles. The quantitative estimate of drug-likeness (QED) is 0.709. The van der Waals surface area contributed by atoms with Crippen molar-refractivity contribution in [1.29, 1.82) is 0 Å². The molecule has 0 spiro atoms. The highest BCUT2D eigenvalue weighted by Gasteiger charge is 2.27. The van der Waals surface area contributed by atoms with Crippen molar-refractivity contribution >= 4 is 17.5 Å². The first-order chi connectivity index (χ1) is 13.7. The summed E-state index contributed by atoms with van der Waals surface area (Å²) in [4.78, 5) is 23.5. The van der Waals surface area contributed by atoms with Crippen LogP contribution in [0.2, 0.25) is 0 Å². The summed E-state index contributed by atoms with van der Waals surface area (Å²) in [5.74, 6) is 1.24. The smallest absolute Gasteiger partial charge is 0.255 e. The van der Waals surface area contributed by atoms with Crippen LogP contribution in [0.4, 0.5) is 11.6 Å². The molecular weight excluding hydrogens is 356 g/mol. The van der Waals surface area contributed by atoms with Gasteiger partial charge in [0.05, 0.1) is 24.7 Å². The number of H-pyrrole nitrogens is 1. The predicted octanol–water partition coefficient (Wildman–Crippen LogP) is 2.84. The number of ether oxygens (including phenoxy) is 1. The second kappa shape index (κ2) is 8.08. The molecule has 0 bridgehead atoms. The lowest BCUT2D eigenvalue weighted by atomic mass is 9.94. The van der Waals surface area contributed by atoms with E-state index in [0.717, 1.165) is 31.6 Å². The van der Waals surface area contributed by atoms with E-state index in [1.807, 2.05) is 18.2 Å². The number of carbonyl (C=O) groups is 1. The summed E-state index contributed by atoms with van der Waals surface area (Å²) in [6.45, 7) is 1.62. The van der Waals surface area contributed by atoms with Crippen molar-refractivity contribution in [1.82, 2.24) is 20.2 Å². The Bertz CT molecular complexity index is 943. The van der Waals surface area contributed by atoms with Gasteiger partial charge in [0.15, 0.2) is 0 Å². The molecule has 0 radical (unpaired) electrons. The average molecular weight is 378 g/mol. The van der Waals surface area contributed by atoms with Crippen LogP contribution in [0.3, 0.4) is 0 Å². The number of aromatic amines is 1. The first-order valence-electron chi connectivity index (χ1n) is 9.26. The fraction of sp³-hybridized carbons (Fsp3) is 0.300. The van der Waals surface area contributed by atoms with Crippen LogP contribution in [-0.4, -0.2) is 46.3 Å². The predicted molar refractivity (Wildman–Crippen MR) is 106 cm³/mol. The summed E-state index contributed by atoms with van der Waals surface area (Å²) in [5, 5.41) is 10.2. The van der Waals surface area contributed by atoms with E-state index in [1.54, 1.807) is 37.7 Å². The molecule has 1 fully saturated rings. The summed E-state index contributed by atoms with van der Waals surface area (Å²) in [6, 6.07) is 10.9. The van der Waals surface area contributed by atoms with Crippen molar-refractivity contribution in [3.8, 4) is 5.88 Å². The minimum atomic E-state index is -0.146. The largest absolute Gasteiger partial charge is 0.481 e. The van der Waals surface area contributed by atoms with Crippen molar-refractivity contribution < 1.29 is 9.53 Å². The van der Waals surface area contributed by atoms with Gasteiger partial charge in [0, 0.05) is 36.8 Å². The molecule has 2 N–H and O–H groups in total. The number of amides is 1. The highest BCUT2D eigenvalue weighted by atomic mass is 16.5. The molecule has 1 aliphatic rings. The van der Waals surface area contributed by atoms with E-state index in [9.17, 15) is 4.79 Å². The monoisotopic (exact) mass is 378 g/mol. The number of nitrogens with one attached hydrogen (secondary N) is 2. The van der Waals surface area contributed by atoms with Crippen molar-refractivity contribution in [2.75, 3.05) is 30.4 Å². The molecule has 8 heteroatoms. The zero-order chi connectivity index (χ0) is 19.3. The minimum Gasteiger partial charge on any atom is -0.481 e. The van der Waals surface area contributed by atoms with Gasteiger partial charge in [-0.3, -0.25) is 9.89 Å². The third kappa shape index (κ3) is 3.80. The maximum Gasteiger partial charge on any atom is 0.255 e. The summed E-state index contributed by atoms with van der Waals surface area (Å²) in [5.41, 5.74) is 2.26. The van der Waals surface area contributed by atoms with Crippen LogP contribution in [0.15, 0.2) is 48.8 Å². The second-order valence-electron chi connectivity index (χ2n) is 6.70. The first-order valence-corrected chi connectivity index (χ1v) is 9.26. The fourth-order valence-corrected chi connectivity index (χ4v) is 3.48. The number of rotatable bonds is 5. The van der Waals surface area contributed by atoms with Crippen LogP contribution in [0.25, 0.3) is 0 Å². The molecule has 1 saturated heterocycles. The lowest BCUT2D eigenvalue weighted by Crippen LogP contribution is -2.36.